The Morgan fingerprint density at radius 3 is 2.17 bits per heavy atom. The van der Waals surface area contributed by atoms with Gasteiger partial charge in [0.25, 0.3) is 0 Å². The van der Waals surface area contributed by atoms with Crippen molar-refractivity contribution in [2.75, 3.05) is 11.9 Å². The third kappa shape index (κ3) is 4.49. The van der Waals surface area contributed by atoms with Crippen molar-refractivity contribution >= 4 is 23.7 Å². The SMILES string of the molecule is O=C(O)Cc1cccc(NC(=O)C2(NC(=O)OCC3c4ccccc4-c4ccccc43)CCC2)c1. The average molecular weight is 471 g/mol. The van der Waals surface area contributed by atoms with Crippen LogP contribution in [0.15, 0.2) is 72.8 Å². The number of nitrogens with one attached hydrogen (secondary N) is 2. The molecule has 3 aromatic carbocycles. The molecule has 3 aromatic rings. The van der Waals surface area contributed by atoms with Crippen molar-refractivity contribution < 1.29 is 24.2 Å². The molecular formula is C28H26N2O5. The van der Waals surface area contributed by atoms with Gasteiger partial charge in [-0.15, -0.1) is 0 Å². The van der Waals surface area contributed by atoms with Gasteiger partial charge in [-0.1, -0.05) is 60.7 Å². The largest absolute Gasteiger partial charge is 0.481 e. The molecule has 0 radical (unpaired) electrons. The van der Waals surface area contributed by atoms with E-state index in [0.29, 0.717) is 24.1 Å². The number of ether oxygens (including phenoxy) is 1. The van der Waals surface area contributed by atoms with E-state index in [1.807, 2.05) is 24.3 Å². The van der Waals surface area contributed by atoms with Crippen molar-refractivity contribution in [1.29, 1.82) is 0 Å². The molecule has 0 aromatic heterocycles. The number of carbonyl (C=O) groups excluding carboxylic acids is 2. The number of anilines is 1. The van der Waals surface area contributed by atoms with Crippen LogP contribution in [0.2, 0.25) is 0 Å². The number of amides is 2. The van der Waals surface area contributed by atoms with Gasteiger partial charge in [-0.3, -0.25) is 9.59 Å². The minimum atomic E-state index is -1.04. The van der Waals surface area contributed by atoms with Gasteiger partial charge in [-0.25, -0.2) is 4.79 Å². The van der Waals surface area contributed by atoms with Gasteiger partial charge in [0.05, 0.1) is 6.42 Å². The first-order valence-corrected chi connectivity index (χ1v) is 11.7. The van der Waals surface area contributed by atoms with Crippen LogP contribution in [0.25, 0.3) is 11.1 Å². The molecule has 0 saturated heterocycles. The summed E-state index contributed by atoms with van der Waals surface area (Å²) in [5, 5.41) is 14.6. The minimum Gasteiger partial charge on any atom is -0.481 e. The fourth-order valence-electron chi connectivity index (χ4n) is 4.95. The zero-order chi connectivity index (χ0) is 24.4. The molecule has 2 aliphatic carbocycles. The first-order valence-electron chi connectivity index (χ1n) is 11.7. The van der Waals surface area contributed by atoms with Gasteiger partial charge in [0, 0.05) is 11.6 Å². The standard InChI is InChI=1S/C28H26N2O5/c31-25(32)16-18-7-5-8-19(15-18)29-26(33)28(13-6-14-28)30-27(34)35-17-24-22-11-3-1-9-20(22)21-10-2-4-12-23(21)24/h1-5,7-12,15,24H,6,13-14,16-17H2,(H,29,33)(H,30,34)(H,31,32). The van der Waals surface area contributed by atoms with Gasteiger partial charge >= 0.3 is 12.1 Å². The van der Waals surface area contributed by atoms with Gasteiger partial charge in [-0.2, -0.15) is 0 Å². The number of rotatable bonds is 7. The van der Waals surface area contributed by atoms with E-state index in [0.717, 1.165) is 28.7 Å². The lowest BCUT2D eigenvalue weighted by molar-refractivity contribution is -0.136. The van der Waals surface area contributed by atoms with Crippen molar-refractivity contribution in [3.8, 4) is 11.1 Å². The average Bonchev–Trinajstić information content (AvgIpc) is 3.13. The smallest absolute Gasteiger partial charge is 0.408 e. The quantitative estimate of drug-likeness (QED) is 0.464. The molecule has 1 saturated carbocycles. The Bertz CT molecular complexity index is 1250. The highest BCUT2D eigenvalue weighted by molar-refractivity contribution is 6.00. The Morgan fingerprint density at radius 1 is 0.914 bits per heavy atom. The molecule has 2 amide bonds. The molecule has 5 rings (SSSR count). The summed E-state index contributed by atoms with van der Waals surface area (Å²) in [6.07, 6.45) is 1.08. The molecule has 0 bridgehead atoms. The number of hydrogen-bond acceptors (Lipinski definition) is 4. The number of benzene rings is 3. The molecular weight excluding hydrogens is 444 g/mol. The summed E-state index contributed by atoms with van der Waals surface area (Å²) >= 11 is 0. The predicted octanol–water partition coefficient (Wildman–Crippen LogP) is 4.71. The summed E-state index contributed by atoms with van der Waals surface area (Å²) in [5.41, 5.74) is 4.59. The first-order chi connectivity index (χ1) is 16.9. The summed E-state index contributed by atoms with van der Waals surface area (Å²) in [6, 6.07) is 23.0. The Balaban J connectivity index is 1.24. The van der Waals surface area contributed by atoms with Gasteiger partial charge < -0.3 is 20.5 Å². The van der Waals surface area contributed by atoms with Crippen LogP contribution in [0.4, 0.5) is 10.5 Å². The summed E-state index contributed by atoms with van der Waals surface area (Å²) in [4.78, 5) is 36.8. The van der Waals surface area contributed by atoms with Crippen molar-refractivity contribution in [3.05, 3.63) is 89.5 Å². The first kappa shape index (κ1) is 22.7. The molecule has 35 heavy (non-hydrogen) atoms. The molecule has 2 aliphatic rings. The maximum absolute atomic E-state index is 13.1. The summed E-state index contributed by atoms with van der Waals surface area (Å²) in [6.45, 7) is 0.175. The van der Waals surface area contributed by atoms with E-state index in [1.165, 1.54) is 0 Å². The van der Waals surface area contributed by atoms with Crippen LogP contribution in [0.3, 0.4) is 0 Å². The highest BCUT2D eigenvalue weighted by atomic mass is 16.5. The summed E-state index contributed by atoms with van der Waals surface area (Å²) < 4.78 is 5.64. The number of carbonyl (C=O) groups is 3. The second kappa shape index (κ2) is 9.25. The molecule has 7 heteroatoms. The highest BCUT2D eigenvalue weighted by Crippen LogP contribution is 2.44. The zero-order valence-electron chi connectivity index (χ0n) is 19.1. The summed E-state index contributed by atoms with van der Waals surface area (Å²) in [5.74, 6) is -1.33. The van der Waals surface area contributed by atoms with Gasteiger partial charge in [0.1, 0.15) is 12.1 Å². The van der Waals surface area contributed by atoms with Crippen LogP contribution in [0.5, 0.6) is 0 Å². The maximum atomic E-state index is 13.1. The fourth-order valence-corrected chi connectivity index (χ4v) is 4.95. The molecule has 178 valence electrons. The minimum absolute atomic E-state index is 0.0590. The Kier molecular flexibility index (Phi) is 5.99. The van der Waals surface area contributed by atoms with Crippen LogP contribution < -0.4 is 10.6 Å². The van der Waals surface area contributed by atoms with E-state index in [9.17, 15) is 14.4 Å². The van der Waals surface area contributed by atoms with Crippen molar-refractivity contribution in [3.63, 3.8) is 0 Å². The van der Waals surface area contributed by atoms with E-state index in [4.69, 9.17) is 9.84 Å². The zero-order valence-corrected chi connectivity index (χ0v) is 19.1. The van der Waals surface area contributed by atoms with Crippen molar-refractivity contribution in [2.45, 2.75) is 37.1 Å². The number of hydrogen-bond donors (Lipinski definition) is 3. The van der Waals surface area contributed by atoms with E-state index in [2.05, 4.69) is 34.9 Å². The Morgan fingerprint density at radius 2 is 1.57 bits per heavy atom. The monoisotopic (exact) mass is 470 g/mol. The van der Waals surface area contributed by atoms with E-state index in [1.54, 1.807) is 24.3 Å². The molecule has 0 atom stereocenters. The number of alkyl carbamates (subject to hydrolysis) is 1. The highest BCUT2D eigenvalue weighted by Gasteiger charge is 2.46. The van der Waals surface area contributed by atoms with Gasteiger partial charge in [0.2, 0.25) is 5.91 Å². The van der Waals surface area contributed by atoms with Crippen LogP contribution in [0.1, 0.15) is 41.9 Å². The number of carboxylic acids is 1. The van der Waals surface area contributed by atoms with Crippen LogP contribution in [-0.4, -0.2) is 35.2 Å². The normalized spacial score (nSPS) is 15.3. The van der Waals surface area contributed by atoms with Gasteiger partial charge in [0.15, 0.2) is 0 Å². The second-order valence-corrected chi connectivity index (χ2v) is 9.11. The second-order valence-electron chi connectivity index (χ2n) is 9.11. The fraction of sp³-hybridized carbons (Fsp3) is 0.250. The van der Waals surface area contributed by atoms with Crippen molar-refractivity contribution in [2.24, 2.45) is 0 Å². The Labute approximate surface area is 203 Å². The molecule has 0 heterocycles. The van der Waals surface area contributed by atoms with Crippen LogP contribution in [0, 0.1) is 0 Å². The Hall–Kier alpha value is -4.13. The summed E-state index contributed by atoms with van der Waals surface area (Å²) in [7, 11) is 0. The number of aliphatic carboxylic acids is 1. The lowest BCUT2D eigenvalue weighted by atomic mass is 9.76. The van der Waals surface area contributed by atoms with Crippen LogP contribution >= 0.6 is 0 Å². The molecule has 1 fully saturated rings. The molecule has 7 nitrogen and oxygen atoms in total. The molecule has 0 unspecified atom stereocenters. The molecule has 3 N–H and O–H groups in total. The van der Waals surface area contributed by atoms with E-state index in [-0.39, 0.29) is 24.9 Å². The molecule has 0 spiro atoms. The molecule has 0 aliphatic heterocycles. The van der Waals surface area contributed by atoms with Crippen LogP contribution in [-0.2, 0) is 20.7 Å². The van der Waals surface area contributed by atoms with E-state index >= 15 is 0 Å². The van der Waals surface area contributed by atoms with Gasteiger partial charge in [-0.05, 0) is 59.2 Å². The maximum Gasteiger partial charge on any atom is 0.408 e. The lowest BCUT2D eigenvalue weighted by Crippen LogP contribution is -2.61. The lowest BCUT2D eigenvalue weighted by Gasteiger charge is -2.40. The predicted molar refractivity (Wildman–Crippen MR) is 131 cm³/mol. The van der Waals surface area contributed by atoms with E-state index < -0.39 is 17.6 Å². The van der Waals surface area contributed by atoms with Crippen molar-refractivity contribution in [1.82, 2.24) is 5.32 Å². The topological polar surface area (TPSA) is 105 Å². The third-order valence-electron chi connectivity index (χ3n) is 6.87. The number of carboxylic acid groups (broad SMARTS) is 1. The number of fused-ring (bicyclic) bond motifs is 3. The third-order valence-corrected chi connectivity index (χ3v) is 6.87.